The van der Waals surface area contributed by atoms with E-state index in [4.69, 9.17) is 0 Å². The number of hydrogen-bond acceptors (Lipinski definition) is 0. The molecule has 0 aliphatic rings. The first kappa shape index (κ1) is 35.4. The van der Waals surface area contributed by atoms with Gasteiger partial charge in [-0.25, -0.2) is 0 Å². The summed E-state index contributed by atoms with van der Waals surface area (Å²) in [5.41, 5.74) is 0. The van der Waals surface area contributed by atoms with E-state index in [2.05, 4.69) is 27.4 Å². The molecule has 0 atom stereocenters. The fourth-order valence-corrected chi connectivity index (χ4v) is 9.74. The molecule has 0 saturated carbocycles. The quantitative estimate of drug-likeness (QED) is 0.0685. The predicted octanol–water partition coefficient (Wildman–Crippen LogP) is 13.3. The summed E-state index contributed by atoms with van der Waals surface area (Å²) in [6.07, 6.45) is 37.5. The van der Waals surface area contributed by atoms with Gasteiger partial charge >= 0.3 is 224 Å². The first-order chi connectivity index (χ1) is 17.0. The zero-order valence-electron chi connectivity index (χ0n) is 25.3. The van der Waals surface area contributed by atoms with Gasteiger partial charge in [0.1, 0.15) is 0 Å². The average Bonchev–Trinajstić information content (AvgIpc) is 2.84. The van der Waals surface area contributed by atoms with Gasteiger partial charge in [0.2, 0.25) is 0 Å². The van der Waals surface area contributed by atoms with Crippen LogP contribution in [0.25, 0.3) is 0 Å². The van der Waals surface area contributed by atoms with Crippen LogP contribution in [0.5, 0.6) is 0 Å². The van der Waals surface area contributed by atoms with Crippen molar-refractivity contribution < 1.29 is 4.20 Å². The van der Waals surface area contributed by atoms with E-state index >= 15 is 4.20 Å². The number of hydrogen-bond donors (Lipinski definition) is 0. The Kier molecular flexibility index (Phi) is 24.9. The molecule has 0 N–H and O–H groups in total. The molecule has 0 radical (unpaired) electrons. The van der Waals surface area contributed by atoms with E-state index < -0.39 is 6.91 Å². The first-order valence-corrected chi connectivity index (χ1v) is 19.8. The summed E-state index contributed by atoms with van der Waals surface area (Å²) in [6.45, 7) is 6.01. The molecule has 0 heterocycles. The van der Waals surface area contributed by atoms with Crippen molar-refractivity contribution >= 4 is 6.91 Å². The van der Waals surface area contributed by atoms with E-state index in [0.29, 0.717) is 0 Å². The van der Waals surface area contributed by atoms with E-state index in [-0.39, 0.29) is 0 Å². The summed E-state index contributed by atoms with van der Waals surface area (Å²) >= 11 is 0. The van der Waals surface area contributed by atoms with E-state index in [0.717, 1.165) is 37.7 Å². The predicted molar refractivity (Wildman–Crippen MR) is 166 cm³/mol. The van der Waals surface area contributed by atoms with Crippen molar-refractivity contribution in [2.24, 2.45) is 0 Å². The number of unbranched alkanes of at least 4 members (excludes halogenated alkanes) is 23. The minimum absolute atomic E-state index is 0.923. The molecule has 0 nitrogen and oxygen atoms in total. The Balaban J connectivity index is 4.19. The molecule has 35 heavy (non-hydrogen) atoms. The Morgan fingerprint density at radius 2 is 0.486 bits per heavy atom. The van der Waals surface area contributed by atoms with Crippen molar-refractivity contribution in [3.05, 3.63) is 0 Å². The third-order valence-electron chi connectivity index (χ3n) is 8.41. The minimum atomic E-state index is -2.98. The summed E-state index contributed by atoms with van der Waals surface area (Å²) in [6, 6.07) is 0. The van der Waals surface area contributed by atoms with Gasteiger partial charge in [0, 0.05) is 0 Å². The molecule has 0 aliphatic heterocycles. The SMILES string of the molecule is CCCCCCCCCCCCP(C)(F)(CCCCCCCC)CCCCCCCCCCCC. The van der Waals surface area contributed by atoms with E-state index in [9.17, 15) is 0 Å². The van der Waals surface area contributed by atoms with Gasteiger partial charge in [-0.2, -0.15) is 0 Å². The van der Waals surface area contributed by atoms with Crippen LogP contribution in [-0.4, -0.2) is 25.2 Å². The molecule has 0 aromatic heterocycles. The topological polar surface area (TPSA) is 0 Å². The van der Waals surface area contributed by atoms with Gasteiger partial charge in [0.05, 0.1) is 0 Å². The molecule has 0 aliphatic carbocycles. The molecule has 2 heteroatoms. The Bertz CT molecular complexity index is 391. The van der Waals surface area contributed by atoms with Gasteiger partial charge < -0.3 is 0 Å². The van der Waals surface area contributed by atoms with Crippen LogP contribution in [0.1, 0.15) is 188 Å². The van der Waals surface area contributed by atoms with Crippen LogP contribution < -0.4 is 0 Å². The second-order valence-electron chi connectivity index (χ2n) is 12.4. The maximum atomic E-state index is 16.7. The number of halogens is 1. The van der Waals surface area contributed by atoms with Crippen molar-refractivity contribution in [1.29, 1.82) is 0 Å². The van der Waals surface area contributed by atoms with Crippen LogP contribution in [-0.2, 0) is 0 Å². The van der Waals surface area contributed by atoms with Gasteiger partial charge in [0.25, 0.3) is 0 Å². The van der Waals surface area contributed by atoms with Crippen LogP contribution in [0.15, 0.2) is 0 Å². The van der Waals surface area contributed by atoms with Crippen molar-refractivity contribution in [2.45, 2.75) is 188 Å². The second-order valence-corrected chi connectivity index (χ2v) is 18.1. The normalized spacial score (nSPS) is 13.2. The molecule has 214 valence electrons. The van der Waals surface area contributed by atoms with Crippen molar-refractivity contribution in [2.75, 3.05) is 25.2 Å². The molecular weight excluding hydrogens is 446 g/mol. The first-order valence-electron chi connectivity index (χ1n) is 16.7. The molecule has 0 aromatic carbocycles. The molecule has 0 spiro atoms. The fourth-order valence-electron chi connectivity index (χ4n) is 5.75. The summed E-state index contributed by atoms with van der Waals surface area (Å²) in [5, 5.41) is 0. The fraction of sp³-hybridized carbons (Fsp3) is 1.00. The van der Waals surface area contributed by atoms with Crippen LogP contribution in [0, 0.1) is 0 Å². The van der Waals surface area contributed by atoms with E-state index in [1.807, 2.05) is 0 Å². The standard InChI is InChI=1S/C33H70FP/c1-5-8-11-14-17-19-21-23-26-29-32-35(4,34,31-28-25-16-13-10-7-3)33-30-27-24-22-20-18-15-12-9-6-2/h5-33H2,1-4H3. The van der Waals surface area contributed by atoms with Gasteiger partial charge in [-0.3, -0.25) is 0 Å². The Labute approximate surface area is 223 Å². The van der Waals surface area contributed by atoms with Crippen LogP contribution in [0.2, 0.25) is 0 Å². The molecule has 0 unspecified atom stereocenters. The third kappa shape index (κ3) is 24.5. The van der Waals surface area contributed by atoms with Crippen LogP contribution in [0.4, 0.5) is 4.20 Å². The van der Waals surface area contributed by atoms with Gasteiger partial charge in [-0.05, 0) is 0 Å². The third-order valence-corrected chi connectivity index (χ3v) is 13.1. The molecule has 0 bridgehead atoms. The molecule has 0 saturated heterocycles. The van der Waals surface area contributed by atoms with Crippen LogP contribution >= 0.6 is 6.91 Å². The summed E-state index contributed by atoms with van der Waals surface area (Å²) < 4.78 is 16.7. The monoisotopic (exact) mass is 517 g/mol. The van der Waals surface area contributed by atoms with Crippen molar-refractivity contribution in [3.63, 3.8) is 0 Å². The molecular formula is C33H70FP. The zero-order chi connectivity index (χ0) is 26.0. The van der Waals surface area contributed by atoms with E-state index in [1.54, 1.807) is 0 Å². The Morgan fingerprint density at radius 3 is 0.686 bits per heavy atom. The Hall–Kier alpha value is 0.360. The van der Waals surface area contributed by atoms with Gasteiger partial charge in [0.15, 0.2) is 0 Å². The number of rotatable bonds is 29. The molecule has 0 rings (SSSR count). The summed E-state index contributed by atoms with van der Waals surface area (Å²) in [7, 11) is 0. The summed E-state index contributed by atoms with van der Waals surface area (Å²) in [5.74, 6) is 0. The second kappa shape index (κ2) is 24.7. The van der Waals surface area contributed by atoms with E-state index in [1.165, 1.54) is 148 Å². The Morgan fingerprint density at radius 1 is 0.314 bits per heavy atom. The molecule has 0 amide bonds. The molecule has 0 aromatic rings. The molecule has 0 fully saturated rings. The van der Waals surface area contributed by atoms with Crippen molar-refractivity contribution in [1.82, 2.24) is 0 Å². The maximum absolute atomic E-state index is 16.7. The van der Waals surface area contributed by atoms with Crippen LogP contribution in [0.3, 0.4) is 0 Å². The zero-order valence-corrected chi connectivity index (χ0v) is 26.2. The van der Waals surface area contributed by atoms with Gasteiger partial charge in [-0.1, -0.05) is 0 Å². The average molecular weight is 517 g/mol. The summed E-state index contributed by atoms with van der Waals surface area (Å²) in [4.78, 5) is 0. The van der Waals surface area contributed by atoms with Gasteiger partial charge in [-0.15, -0.1) is 0 Å². The van der Waals surface area contributed by atoms with Crippen molar-refractivity contribution in [3.8, 4) is 0 Å².